The number of aliphatic hydroxyl groups is 2. The van der Waals surface area contributed by atoms with Gasteiger partial charge in [0.1, 0.15) is 5.25 Å². The van der Waals surface area contributed by atoms with Gasteiger partial charge in [-0.2, -0.15) is 0 Å². The third-order valence-corrected chi connectivity index (χ3v) is 8.95. The molecule has 2 aromatic rings. The average Bonchev–Trinajstić information content (AvgIpc) is 2.96. The molecule has 0 aliphatic carbocycles. The van der Waals surface area contributed by atoms with Gasteiger partial charge in [0.2, 0.25) is 0 Å². The van der Waals surface area contributed by atoms with Gasteiger partial charge >= 0.3 is 0 Å². The Morgan fingerprint density at radius 3 is 2.17 bits per heavy atom. The first-order chi connectivity index (χ1) is 13.3. The van der Waals surface area contributed by atoms with Crippen LogP contribution in [-0.2, 0) is 26.2 Å². The summed E-state index contributed by atoms with van der Waals surface area (Å²) in [4.78, 5) is 1.88. The summed E-state index contributed by atoms with van der Waals surface area (Å²) in [7, 11) is -7.63. The monoisotopic (exact) mass is 461 g/mol. The SMILES string of the molecule is Cl.O=S1(=O)CC(S(=O)(=O)c2ccccc2)c2c(CN(CCO)CCO)cccc21. The fraction of sp³-hybridized carbons (Fsp3) is 0.368. The molecule has 3 rings (SSSR count). The van der Waals surface area contributed by atoms with Gasteiger partial charge in [-0.3, -0.25) is 4.90 Å². The summed E-state index contributed by atoms with van der Waals surface area (Å²) in [5, 5.41) is 17.3. The zero-order valence-electron chi connectivity index (χ0n) is 15.6. The molecule has 0 spiro atoms. The summed E-state index contributed by atoms with van der Waals surface area (Å²) in [5.41, 5.74) is 0.872. The maximum Gasteiger partial charge on any atom is 0.186 e. The van der Waals surface area contributed by atoms with Crippen LogP contribution in [-0.4, -0.2) is 64.0 Å². The van der Waals surface area contributed by atoms with Crippen LogP contribution < -0.4 is 0 Å². The van der Waals surface area contributed by atoms with Gasteiger partial charge in [0, 0.05) is 19.6 Å². The topological polar surface area (TPSA) is 112 Å². The Labute approximate surface area is 177 Å². The predicted molar refractivity (Wildman–Crippen MR) is 112 cm³/mol. The van der Waals surface area contributed by atoms with Crippen LogP contribution in [0.3, 0.4) is 0 Å². The molecule has 1 heterocycles. The van der Waals surface area contributed by atoms with Gasteiger partial charge in [0.05, 0.1) is 28.8 Å². The Morgan fingerprint density at radius 1 is 0.966 bits per heavy atom. The van der Waals surface area contributed by atoms with E-state index in [0.29, 0.717) is 11.1 Å². The van der Waals surface area contributed by atoms with Crippen LogP contribution in [0, 0.1) is 0 Å². The lowest BCUT2D eigenvalue weighted by Crippen LogP contribution is -2.30. The summed E-state index contributed by atoms with van der Waals surface area (Å²) in [6.45, 7) is 0.554. The van der Waals surface area contributed by atoms with E-state index in [1.165, 1.54) is 18.2 Å². The van der Waals surface area contributed by atoms with Gasteiger partial charge in [0.15, 0.2) is 19.7 Å². The molecule has 0 aromatic heterocycles. The second-order valence-corrected chi connectivity index (χ2v) is 10.8. The molecule has 0 amide bonds. The first-order valence-corrected chi connectivity index (χ1v) is 12.1. The molecule has 1 unspecified atom stereocenters. The maximum absolute atomic E-state index is 13.2. The van der Waals surface area contributed by atoms with Crippen LogP contribution in [0.4, 0.5) is 0 Å². The van der Waals surface area contributed by atoms with E-state index in [2.05, 4.69) is 0 Å². The van der Waals surface area contributed by atoms with Crippen LogP contribution in [0.5, 0.6) is 0 Å². The number of halogens is 1. The molecule has 0 bridgehead atoms. The molecule has 2 aromatic carbocycles. The van der Waals surface area contributed by atoms with E-state index in [-0.39, 0.29) is 55.0 Å². The molecule has 29 heavy (non-hydrogen) atoms. The molecule has 7 nitrogen and oxygen atoms in total. The zero-order chi connectivity index (χ0) is 20.4. The number of benzene rings is 2. The number of aliphatic hydroxyl groups excluding tert-OH is 2. The van der Waals surface area contributed by atoms with Gasteiger partial charge < -0.3 is 10.2 Å². The minimum Gasteiger partial charge on any atom is -0.395 e. The highest BCUT2D eigenvalue weighted by Gasteiger charge is 2.44. The van der Waals surface area contributed by atoms with Crippen LogP contribution in [0.1, 0.15) is 16.4 Å². The minimum absolute atomic E-state index is 0. The Morgan fingerprint density at radius 2 is 1.59 bits per heavy atom. The third kappa shape index (κ3) is 4.82. The van der Waals surface area contributed by atoms with Gasteiger partial charge in [-0.1, -0.05) is 30.3 Å². The highest BCUT2D eigenvalue weighted by Crippen LogP contribution is 2.43. The van der Waals surface area contributed by atoms with Crippen molar-refractivity contribution in [2.24, 2.45) is 0 Å². The highest BCUT2D eigenvalue weighted by atomic mass is 35.5. The van der Waals surface area contributed by atoms with E-state index in [1.54, 1.807) is 35.2 Å². The predicted octanol–water partition coefficient (Wildman–Crippen LogP) is 1.20. The van der Waals surface area contributed by atoms with Crippen LogP contribution in [0.25, 0.3) is 0 Å². The molecule has 160 valence electrons. The van der Waals surface area contributed by atoms with Crippen LogP contribution >= 0.6 is 12.4 Å². The molecule has 1 atom stereocenters. The molecule has 1 aliphatic rings. The Kier molecular flexibility index (Phi) is 7.83. The van der Waals surface area contributed by atoms with E-state index < -0.39 is 30.7 Å². The van der Waals surface area contributed by atoms with Crippen molar-refractivity contribution in [2.45, 2.75) is 21.6 Å². The van der Waals surface area contributed by atoms with E-state index in [1.807, 2.05) is 0 Å². The largest absolute Gasteiger partial charge is 0.395 e. The zero-order valence-corrected chi connectivity index (χ0v) is 18.1. The Balaban J connectivity index is 0.00000300. The molecule has 2 N–H and O–H groups in total. The normalized spacial score (nSPS) is 17.7. The van der Waals surface area contributed by atoms with Gasteiger partial charge in [-0.05, 0) is 29.3 Å². The van der Waals surface area contributed by atoms with Crippen molar-refractivity contribution in [2.75, 3.05) is 32.1 Å². The fourth-order valence-electron chi connectivity index (χ4n) is 3.55. The van der Waals surface area contributed by atoms with E-state index in [0.717, 1.165) is 0 Å². The first-order valence-electron chi connectivity index (χ1n) is 8.89. The van der Waals surface area contributed by atoms with Crippen molar-refractivity contribution >= 4 is 32.1 Å². The van der Waals surface area contributed by atoms with Crippen molar-refractivity contribution in [3.8, 4) is 0 Å². The molecule has 0 radical (unpaired) electrons. The first kappa shape index (κ1) is 23.8. The minimum atomic E-state index is -3.90. The lowest BCUT2D eigenvalue weighted by molar-refractivity contribution is 0.155. The summed E-state index contributed by atoms with van der Waals surface area (Å²) in [6.07, 6.45) is 0. The van der Waals surface area contributed by atoms with E-state index in [9.17, 15) is 27.0 Å². The quantitative estimate of drug-likeness (QED) is 0.607. The number of sulfone groups is 2. The van der Waals surface area contributed by atoms with Crippen molar-refractivity contribution < 1.29 is 27.0 Å². The molecule has 10 heteroatoms. The van der Waals surface area contributed by atoms with Crippen molar-refractivity contribution in [1.82, 2.24) is 4.90 Å². The number of hydrogen-bond acceptors (Lipinski definition) is 7. The molecule has 0 fully saturated rings. The molecular weight excluding hydrogens is 438 g/mol. The van der Waals surface area contributed by atoms with Crippen molar-refractivity contribution in [3.05, 3.63) is 59.7 Å². The smallest absolute Gasteiger partial charge is 0.186 e. The summed E-state index contributed by atoms with van der Waals surface area (Å²) in [6, 6.07) is 12.6. The van der Waals surface area contributed by atoms with Gasteiger partial charge in [-0.15, -0.1) is 12.4 Å². The second kappa shape index (κ2) is 9.55. The summed E-state index contributed by atoms with van der Waals surface area (Å²) < 4.78 is 51.8. The molecule has 0 saturated carbocycles. The van der Waals surface area contributed by atoms with E-state index >= 15 is 0 Å². The highest BCUT2D eigenvalue weighted by molar-refractivity contribution is 7.96. The fourth-order valence-corrected chi connectivity index (χ4v) is 7.97. The summed E-state index contributed by atoms with van der Waals surface area (Å²) >= 11 is 0. The maximum atomic E-state index is 13.2. The molecular formula is C19H24ClNO6S2. The number of rotatable bonds is 8. The van der Waals surface area contributed by atoms with Crippen molar-refractivity contribution in [1.29, 1.82) is 0 Å². The Bertz CT molecular complexity index is 1040. The van der Waals surface area contributed by atoms with Gasteiger partial charge in [0.25, 0.3) is 0 Å². The van der Waals surface area contributed by atoms with Crippen LogP contribution in [0.15, 0.2) is 58.3 Å². The molecule has 0 saturated heterocycles. The number of nitrogens with zero attached hydrogens (tertiary/aromatic N) is 1. The number of fused-ring (bicyclic) bond motifs is 1. The molecule has 1 aliphatic heterocycles. The lowest BCUT2D eigenvalue weighted by atomic mass is 10.0. The Hall–Kier alpha value is -1.49. The summed E-state index contributed by atoms with van der Waals surface area (Å²) in [5.74, 6) is -0.490. The van der Waals surface area contributed by atoms with E-state index in [4.69, 9.17) is 0 Å². The standard InChI is InChI=1S/C19H23NO6S2.ClH/c21-11-9-20(10-12-22)13-15-5-4-8-17-19(15)18(14-27(17,23)24)28(25,26)16-6-2-1-3-7-16;/h1-8,18,21-22H,9-14H2;1H. The second-order valence-electron chi connectivity index (χ2n) is 6.68. The van der Waals surface area contributed by atoms with Crippen LogP contribution in [0.2, 0.25) is 0 Å². The lowest BCUT2D eigenvalue weighted by Gasteiger charge is -2.23. The average molecular weight is 462 g/mol. The number of hydrogen-bond donors (Lipinski definition) is 2. The van der Waals surface area contributed by atoms with Crippen molar-refractivity contribution in [3.63, 3.8) is 0 Å². The third-order valence-electron chi connectivity index (χ3n) is 4.86. The van der Waals surface area contributed by atoms with Gasteiger partial charge in [-0.25, -0.2) is 16.8 Å².